The number of nitrogens with zero attached hydrogens (tertiary/aromatic N) is 1. The fourth-order valence-electron chi connectivity index (χ4n) is 2.91. The summed E-state index contributed by atoms with van der Waals surface area (Å²) in [6, 6.07) is 19.4. The summed E-state index contributed by atoms with van der Waals surface area (Å²) in [4.78, 5) is 2.03. The van der Waals surface area contributed by atoms with Crippen molar-refractivity contribution in [2.45, 2.75) is 12.0 Å². The molecule has 1 aliphatic heterocycles. The average Bonchev–Trinajstić information content (AvgIpc) is 2.53. The van der Waals surface area contributed by atoms with Crippen LogP contribution in [0.3, 0.4) is 0 Å². The van der Waals surface area contributed by atoms with Gasteiger partial charge < -0.3 is 4.90 Å². The maximum Gasteiger partial charge on any atom is 0.268 e. The van der Waals surface area contributed by atoms with Gasteiger partial charge in [-0.3, -0.25) is 4.18 Å². The van der Waals surface area contributed by atoms with Crippen LogP contribution in [0.2, 0.25) is 0 Å². The minimum atomic E-state index is -3.59. The second kappa shape index (κ2) is 6.83. The van der Waals surface area contributed by atoms with Gasteiger partial charge in [-0.25, -0.2) is 0 Å². The first-order valence-corrected chi connectivity index (χ1v) is 9.30. The summed E-state index contributed by atoms with van der Waals surface area (Å²) in [7, 11) is -1.64. The Balaban J connectivity index is 1.81. The lowest BCUT2D eigenvalue weighted by molar-refractivity contribution is 0.0438. The van der Waals surface area contributed by atoms with Crippen molar-refractivity contribution in [1.82, 2.24) is 4.90 Å². The molecule has 2 aromatic rings. The van der Waals surface area contributed by atoms with E-state index in [9.17, 15) is 8.42 Å². The lowest BCUT2D eigenvalue weighted by atomic mass is 9.93. The van der Waals surface area contributed by atoms with Crippen molar-refractivity contribution in [2.24, 2.45) is 0 Å². The van der Waals surface area contributed by atoms with Crippen molar-refractivity contribution >= 4 is 10.1 Å². The van der Waals surface area contributed by atoms with Gasteiger partial charge in [-0.1, -0.05) is 60.7 Å². The van der Waals surface area contributed by atoms with Crippen LogP contribution in [-0.2, 0) is 14.3 Å². The summed E-state index contributed by atoms with van der Waals surface area (Å²) in [6.07, 6.45) is -0.211. The lowest BCUT2D eigenvalue weighted by Crippen LogP contribution is -2.50. The number of likely N-dealkylation sites (N-methyl/N-ethyl adjacent to an activating group) is 1. The minimum absolute atomic E-state index is 0.0404. The first-order chi connectivity index (χ1) is 11.0. The third-order valence-corrected chi connectivity index (χ3v) is 5.39. The van der Waals surface area contributed by atoms with Crippen LogP contribution in [0.4, 0.5) is 0 Å². The molecule has 1 fully saturated rings. The molecule has 4 nitrogen and oxygen atoms in total. The third-order valence-electron chi connectivity index (χ3n) is 4.09. The van der Waals surface area contributed by atoms with Crippen LogP contribution in [0.25, 0.3) is 0 Å². The molecular formula is C18H21NO3S. The van der Waals surface area contributed by atoms with Crippen molar-refractivity contribution in [3.8, 4) is 0 Å². The van der Waals surface area contributed by atoms with Crippen LogP contribution in [0.5, 0.6) is 0 Å². The molecule has 23 heavy (non-hydrogen) atoms. The largest absolute Gasteiger partial charge is 0.301 e. The Kier molecular flexibility index (Phi) is 4.80. The number of rotatable bonds is 6. The highest BCUT2D eigenvalue weighted by Gasteiger charge is 2.31. The van der Waals surface area contributed by atoms with E-state index in [0.29, 0.717) is 13.1 Å². The summed E-state index contributed by atoms with van der Waals surface area (Å²) in [6.45, 7) is 1.33. The van der Waals surface area contributed by atoms with E-state index >= 15 is 0 Å². The zero-order valence-electron chi connectivity index (χ0n) is 13.1. The number of likely N-dealkylation sites (tertiary alicyclic amines) is 1. The predicted molar refractivity (Wildman–Crippen MR) is 90.9 cm³/mol. The number of benzene rings is 2. The fourth-order valence-corrected chi connectivity index (χ4v) is 4.32. The van der Waals surface area contributed by atoms with E-state index in [0.717, 1.165) is 11.1 Å². The normalized spacial score (nSPS) is 16.4. The Morgan fingerprint density at radius 2 is 1.48 bits per heavy atom. The van der Waals surface area contributed by atoms with Gasteiger partial charge in [-0.2, -0.15) is 8.42 Å². The van der Waals surface area contributed by atoms with Crippen molar-refractivity contribution < 1.29 is 12.6 Å². The number of hydrogen-bond donors (Lipinski definition) is 0. The molecule has 0 saturated carbocycles. The molecule has 0 atom stereocenters. The molecule has 0 bridgehead atoms. The molecule has 5 heteroatoms. The van der Waals surface area contributed by atoms with Crippen LogP contribution in [0.1, 0.15) is 17.0 Å². The van der Waals surface area contributed by atoms with Crippen molar-refractivity contribution in [1.29, 1.82) is 0 Å². The molecular weight excluding hydrogens is 310 g/mol. The maximum absolute atomic E-state index is 12.5. The molecule has 1 aliphatic rings. The van der Waals surface area contributed by atoms with Gasteiger partial charge in [0.2, 0.25) is 0 Å². The molecule has 0 radical (unpaired) electrons. The molecule has 3 rings (SSSR count). The van der Waals surface area contributed by atoms with Gasteiger partial charge in [0.05, 0.1) is 5.75 Å². The van der Waals surface area contributed by atoms with E-state index in [1.165, 1.54) is 0 Å². The van der Waals surface area contributed by atoms with Crippen LogP contribution < -0.4 is 0 Å². The molecule has 0 amide bonds. The molecule has 122 valence electrons. The molecule has 0 aliphatic carbocycles. The van der Waals surface area contributed by atoms with Crippen molar-refractivity contribution in [3.63, 3.8) is 0 Å². The Morgan fingerprint density at radius 3 is 1.91 bits per heavy atom. The second-order valence-corrected chi connectivity index (χ2v) is 7.68. The lowest BCUT2D eigenvalue weighted by Gasteiger charge is -2.35. The highest BCUT2D eigenvalue weighted by molar-refractivity contribution is 7.86. The third kappa shape index (κ3) is 4.19. The van der Waals surface area contributed by atoms with Gasteiger partial charge in [-0.15, -0.1) is 0 Å². The Morgan fingerprint density at radius 1 is 1.00 bits per heavy atom. The minimum Gasteiger partial charge on any atom is -0.301 e. The second-order valence-electron chi connectivity index (χ2n) is 6.04. The van der Waals surface area contributed by atoms with Gasteiger partial charge in [0.25, 0.3) is 10.1 Å². The highest BCUT2D eigenvalue weighted by Crippen LogP contribution is 2.27. The van der Waals surface area contributed by atoms with Gasteiger partial charge >= 0.3 is 0 Å². The zero-order valence-corrected chi connectivity index (χ0v) is 13.9. The van der Waals surface area contributed by atoms with E-state index in [1.807, 2.05) is 72.6 Å². The maximum atomic E-state index is 12.5. The quantitative estimate of drug-likeness (QED) is 0.763. The van der Waals surface area contributed by atoms with E-state index in [1.54, 1.807) is 0 Å². The van der Waals surface area contributed by atoms with E-state index in [4.69, 9.17) is 4.18 Å². The molecule has 0 N–H and O–H groups in total. The molecule has 1 heterocycles. The Hall–Kier alpha value is -1.69. The van der Waals surface area contributed by atoms with Gasteiger partial charge in [0.15, 0.2) is 0 Å². The number of hydrogen-bond acceptors (Lipinski definition) is 4. The monoisotopic (exact) mass is 331 g/mol. The van der Waals surface area contributed by atoms with Crippen LogP contribution in [0, 0.1) is 0 Å². The van der Waals surface area contributed by atoms with Gasteiger partial charge in [0, 0.05) is 19.0 Å². The first kappa shape index (κ1) is 16.2. The molecule has 0 unspecified atom stereocenters. The van der Waals surface area contributed by atoms with Crippen LogP contribution in [-0.4, -0.2) is 45.3 Å². The van der Waals surface area contributed by atoms with Crippen molar-refractivity contribution in [3.05, 3.63) is 71.8 Å². The first-order valence-electron chi connectivity index (χ1n) is 7.73. The zero-order chi connectivity index (χ0) is 16.3. The Labute approximate surface area is 137 Å². The van der Waals surface area contributed by atoms with E-state index in [2.05, 4.69) is 0 Å². The highest BCUT2D eigenvalue weighted by atomic mass is 32.2. The smallest absolute Gasteiger partial charge is 0.268 e. The summed E-state index contributed by atoms with van der Waals surface area (Å²) >= 11 is 0. The van der Waals surface area contributed by atoms with E-state index < -0.39 is 10.1 Å². The van der Waals surface area contributed by atoms with Crippen LogP contribution >= 0.6 is 0 Å². The summed E-state index contributed by atoms with van der Waals surface area (Å²) in [5.41, 5.74) is 1.97. The fraction of sp³-hybridized carbons (Fsp3) is 0.333. The summed E-state index contributed by atoms with van der Waals surface area (Å²) in [5.74, 6) is -0.262. The van der Waals surface area contributed by atoms with Crippen LogP contribution in [0.15, 0.2) is 60.7 Å². The summed E-state index contributed by atoms with van der Waals surface area (Å²) < 4.78 is 30.3. The van der Waals surface area contributed by atoms with Gasteiger partial charge in [-0.05, 0) is 18.2 Å². The molecule has 0 aromatic heterocycles. The van der Waals surface area contributed by atoms with Crippen molar-refractivity contribution in [2.75, 3.05) is 25.9 Å². The molecule has 1 saturated heterocycles. The average molecular weight is 331 g/mol. The topological polar surface area (TPSA) is 46.6 Å². The van der Waals surface area contributed by atoms with Gasteiger partial charge in [0.1, 0.15) is 6.10 Å². The standard InChI is InChI=1S/C18H21NO3S/c1-19-12-17(13-19)22-23(20,21)14-18(15-8-4-2-5-9-15)16-10-6-3-7-11-16/h2-11,17-18H,12-14H2,1H3. The summed E-state index contributed by atoms with van der Waals surface area (Å²) in [5, 5.41) is 0. The molecule has 0 spiro atoms. The SMILES string of the molecule is CN1CC(OS(=O)(=O)CC(c2ccccc2)c2ccccc2)C1. The predicted octanol–water partition coefficient (Wildman–Crippen LogP) is 2.48. The van der Waals surface area contributed by atoms with E-state index in [-0.39, 0.29) is 17.8 Å². The Bertz CT molecular complexity index is 686. The molecule has 2 aromatic carbocycles.